The molecule has 3 rings (SSSR count). The highest BCUT2D eigenvalue weighted by molar-refractivity contribution is 7.89. The van der Waals surface area contributed by atoms with Crippen LogP contribution < -0.4 is 9.47 Å². The maximum atomic E-state index is 12.3. The summed E-state index contributed by atoms with van der Waals surface area (Å²) in [6.45, 7) is 0.563. The average molecular weight is 326 g/mol. The van der Waals surface area contributed by atoms with Crippen molar-refractivity contribution in [2.24, 2.45) is 0 Å². The van der Waals surface area contributed by atoms with E-state index in [1.165, 1.54) is 30.0 Å². The van der Waals surface area contributed by atoms with Gasteiger partial charge in [-0.25, -0.2) is 18.4 Å². The first-order chi connectivity index (χ1) is 10.6. The van der Waals surface area contributed by atoms with Crippen molar-refractivity contribution in [2.45, 2.75) is 17.4 Å². The van der Waals surface area contributed by atoms with Crippen LogP contribution in [0.1, 0.15) is 6.42 Å². The van der Waals surface area contributed by atoms with Gasteiger partial charge in [-0.05, 0) is 6.42 Å². The highest BCUT2D eigenvalue weighted by Gasteiger charge is 2.35. The molecule has 118 valence electrons. The number of hydrogen-bond donors (Lipinski definition) is 0. The topological polar surface area (TPSA) is 108 Å². The molecule has 1 aliphatic rings. The Hall–Kier alpha value is -2.20. The van der Waals surface area contributed by atoms with Crippen LogP contribution in [0, 0.1) is 0 Å². The molecule has 3 heterocycles. The first-order valence-electron chi connectivity index (χ1n) is 6.52. The molecule has 10 heteroatoms. The summed E-state index contributed by atoms with van der Waals surface area (Å²) in [4.78, 5) is 8.07. The summed E-state index contributed by atoms with van der Waals surface area (Å²) in [7, 11) is -2.14. The SMILES string of the molecule is COc1nccnc1OC1CCN(S(=O)(=O)c2cnoc2)C1. The number of aromatic nitrogens is 3. The number of hydrogen-bond acceptors (Lipinski definition) is 8. The van der Waals surface area contributed by atoms with Gasteiger partial charge in [0.1, 0.15) is 17.3 Å². The van der Waals surface area contributed by atoms with Crippen molar-refractivity contribution in [3.8, 4) is 11.8 Å². The van der Waals surface area contributed by atoms with E-state index < -0.39 is 10.0 Å². The molecular weight excluding hydrogens is 312 g/mol. The van der Waals surface area contributed by atoms with Gasteiger partial charge in [0.05, 0.1) is 19.9 Å². The lowest BCUT2D eigenvalue weighted by Crippen LogP contribution is -2.31. The summed E-state index contributed by atoms with van der Waals surface area (Å²) in [5.41, 5.74) is 0. The molecule has 22 heavy (non-hydrogen) atoms. The minimum atomic E-state index is -3.61. The smallest absolute Gasteiger partial charge is 0.278 e. The van der Waals surface area contributed by atoms with Gasteiger partial charge >= 0.3 is 0 Å². The third kappa shape index (κ3) is 2.74. The Morgan fingerprint density at radius 3 is 2.77 bits per heavy atom. The van der Waals surface area contributed by atoms with E-state index in [0.29, 0.717) is 13.0 Å². The van der Waals surface area contributed by atoms with Gasteiger partial charge in [-0.15, -0.1) is 0 Å². The number of sulfonamides is 1. The van der Waals surface area contributed by atoms with Crippen molar-refractivity contribution in [1.82, 2.24) is 19.4 Å². The van der Waals surface area contributed by atoms with Crippen molar-refractivity contribution >= 4 is 10.0 Å². The molecule has 0 saturated carbocycles. The Balaban J connectivity index is 1.70. The predicted octanol–water partition coefficient (Wildman–Crippen LogP) is 0.315. The zero-order valence-electron chi connectivity index (χ0n) is 11.7. The van der Waals surface area contributed by atoms with Crippen molar-refractivity contribution in [2.75, 3.05) is 20.2 Å². The van der Waals surface area contributed by atoms with Crippen LogP contribution in [0.25, 0.3) is 0 Å². The molecular formula is C12H14N4O5S. The second-order valence-corrected chi connectivity index (χ2v) is 6.56. The van der Waals surface area contributed by atoms with Gasteiger partial charge in [0, 0.05) is 18.9 Å². The third-order valence-corrected chi connectivity index (χ3v) is 5.07. The van der Waals surface area contributed by atoms with Crippen molar-refractivity contribution in [1.29, 1.82) is 0 Å². The maximum absolute atomic E-state index is 12.3. The number of rotatable bonds is 5. The molecule has 1 unspecified atom stereocenters. The first-order valence-corrected chi connectivity index (χ1v) is 7.96. The molecule has 0 bridgehead atoms. The van der Waals surface area contributed by atoms with E-state index in [1.54, 1.807) is 0 Å². The molecule has 0 N–H and O–H groups in total. The molecule has 1 atom stereocenters. The third-order valence-electron chi connectivity index (χ3n) is 3.26. The Morgan fingerprint density at radius 2 is 2.09 bits per heavy atom. The van der Waals surface area contributed by atoms with E-state index in [2.05, 4.69) is 19.6 Å². The quantitative estimate of drug-likeness (QED) is 0.773. The summed E-state index contributed by atoms with van der Waals surface area (Å²) >= 11 is 0. The highest BCUT2D eigenvalue weighted by Crippen LogP contribution is 2.26. The zero-order chi connectivity index (χ0) is 15.6. The van der Waals surface area contributed by atoms with Crippen LogP contribution in [-0.4, -0.2) is 54.2 Å². The fraction of sp³-hybridized carbons (Fsp3) is 0.417. The molecule has 1 saturated heterocycles. The predicted molar refractivity (Wildman–Crippen MR) is 72.9 cm³/mol. The zero-order valence-corrected chi connectivity index (χ0v) is 12.6. The van der Waals surface area contributed by atoms with Crippen LogP contribution in [0.3, 0.4) is 0 Å². The molecule has 1 aliphatic heterocycles. The standard InChI is InChI=1S/C12H14N4O5S/c1-19-11-12(14-4-3-13-11)21-9-2-5-16(7-9)22(17,18)10-6-15-20-8-10/h3-4,6,8-9H,2,5,7H2,1H3. The first kappa shape index (κ1) is 14.7. The summed E-state index contributed by atoms with van der Waals surface area (Å²) in [6, 6.07) is 0. The monoisotopic (exact) mass is 326 g/mol. The fourth-order valence-electron chi connectivity index (χ4n) is 2.18. The lowest BCUT2D eigenvalue weighted by Gasteiger charge is -2.16. The van der Waals surface area contributed by atoms with E-state index in [4.69, 9.17) is 9.47 Å². The fourth-order valence-corrected chi connectivity index (χ4v) is 3.52. The van der Waals surface area contributed by atoms with Crippen molar-refractivity contribution in [3.63, 3.8) is 0 Å². The Kier molecular flexibility index (Phi) is 3.94. The largest absolute Gasteiger partial charge is 0.477 e. The number of ether oxygens (including phenoxy) is 2. The Morgan fingerprint density at radius 1 is 1.32 bits per heavy atom. The van der Waals surface area contributed by atoms with E-state index in [1.807, 2.05) is 0 Å². The molecule has 0 radical (unpaired) electrons. The molecule has 2 aromatic heterocycles. The van der Waals surface area contributed by atoms with Gasteiger partial charge in [0.2, 0.25) is 10.0 Å². The summed E-state index contributed by atoms with van der Waals surface area (Å²) < 4.78 is 41.3. The second-order valence-electron chi connectivity index (χ2n) is 4.62. The van der Waals surface area contributed by atoms with Crippen LogP contribution >= 0.6 is 0 Å². The van der Waals surface area contributed by atoms with E-state index in [9.17, 15) is 8.42 Å². The molecule has 0 aromatic carbocycles. The van der Waals surface area contributed by atoms with Crippen LogP contribution in [-0.2, 0) is 10.0 Å². The Bertz CT molecular complexity index is 734. The van der Waals surface area contributed by atoms with Crippen LogP contribution in [0.4, 0.5) is 0 Å². The van der Waals surface area contributed by atoms with Crippen LogP contribution in [0.2, 0.25) is 0 Å². The molecule has 0 aliphatic carbocycles. The van der Waals surface area contributed by atoms with E-state index in [0.717, 1.165) is 6.26 Å². The summed E-state index contributed by atoms with van der Waals surface area (Å²) in [6.07, 6.45) is 5.48. The summed E-state index contributed by atoms with van der Waals surface area (Å²) in [5, 5.41) is 3.42. The van der Waals surface area contributed by atoms with Gasteiger partial charge in [0.15, 0.2) is 0 Å². The normalized spacial score (nSPS) is 19.2. The van der Waals surface area contributed by atoms with Crippen molar-refractivity contribution < 1.29 is 22.4 Å². The minimum Gasteiger partial charge on any atom is -0.477 e. The summed E-state index contributed by atoms with van der Waals surface area (Å²) in [5.74, 6) is 0.516. The lowest BCUT2D eigenvalue weighted by atomic mass is 10.3. The number of nitrogens with zero attached hydrogens (tertiary/aromatic N) is 4. The van der Waals surface area contributed by atoms with E-state index in [-0.39, 0.29) is 29.3 Å². The Labute approximate surface area is 126 Å². The molecule has 9 nitrogen and oxygen atoms in total. The van der Waals surface area contributed by atoms with Crippen molar-refractivity contribution in [3.05, 3.63) is 24.9 Å². The average Bonchev–Trinajstić information content (AvgIpc) is 3.20. The van der Waals surface area contributed by atoms with E-state index >= 15 is 0 Å². The van der Waals surface area contributed by atoms with Gasteiger partial charge in [0.25, 0.3) is 11.8 Å². The molecule has 2 aromatic rings. The van der Waals surface area contributed by atoms with Gasteiger partial charge in [-0.3, -0.25) is 0 Å². The number of methoxy groups -OCH3 is 1. The van der Waals surface area contributed by atoms with Crippen LogP contribution in [0.5, 0.6) is 11.8 Å². The molecule has 1 fully saturated rings. The molecule has 0 spiro atoms. The highest BCUT2D eigenvalue weighted by atomic mass is 32.2. The molecule has 0 amide bonds. The second kappa shape index (κ2) is 5.89. The maximum Gasteiger partial charge on any atom is 0.278 e. The van der Waals surface area contributed by atoms with Gasteiger partial charge in [-0.1, -0.05) is 5.16 Å². The van der Waals surface area contributed by atoms with Gasteiger partial charge < -0.3 is 14.0 Å². The van der Waals surface area contributed by atoms with Crippen LogP contribution in [0.15, 0.2) is 34.3 Å². The lowest BCUT2D eigenvalue weighted by molar-refractivity contribution is 0.194. The van der Waals surface area contributed by atoms with Gasteiger partial charge in [-0.2, -0.15) is 4.31 Å². The minimum absolute atomic E-state index is 0.0326.